The molecule has 1 aromatic heterocycles. The number of H-pyrrole nitrogens is 1. The lowest BCUT2D eigenvalue weighted by atomic mass is 10.1. The molecular weight excluding hydrogens is 252 g/mol. The molecule has 0 radical (unpaired) electrons. The van der Waals surface area contributed by atoms with Gasteiger partial charge >= 0.3 is 0 Å². The number of hydrogen-bond donors (Lipinski definition) is 2. The van der Waals surface area contributed by atoms with E-state index < -0.39 is 0 Å². The molecule has 1 aromatic carbocycles. The Morgan fingerprint density at radius 1 is 1.35 bits per heavy atom. The number of hydrazone groups is 1. The summed E-state index contributed by atoms with van der Waals surface area (Å²) in [7, 11) is 0. The number of aryl methyl sites for hydroxylation is 1. The molecule has 0 atom stereocenters. The monoisotopic (exact) mass is 268 g/mol. The number of allylic oxidation sites excluding steroid dienone is 1. The van der Waals surface area contributed by atoms with Gasteiger partial charge in [0, 0.05) is 11.8 Å². The standard InChI is InChI=1S/C15H16N4O/c1-11(8-13-6-4-3-5-7-13)9-17-19-15-16-10-12(2)14(20)18-15/h3-10H,1-2H3,(H2,16,18,19,20)/b11-8+,17-9-. The Morgan fingerprint density at radius 2 is 2.10 bits per heavy atom. The highest BCUT2D eigenvalue weighted by Crippen LogP contribution is 2.04. The summed E-state index contributed by atoms with van der Waals surface area (Å²) in [4.78, 5) is 18.0. The summed E-state index contributed by atoms with van der Waals surface area (Å²) in [6, 6.07) is 9.97. The van der Waals surface area contributed by atoms with Crippen LogP contribution in [-0.4, -0.2) is 16.2 Å². The van der Waals surface area contributed by atoms with Crippen molar-refractivity contribution in [3.8, 4) is 0 Å². The van der Waals surface area contributed by atoms with Gasteiger partial charge in [-0.15, -0.1) is 0 Å². The lowest BCUT2D eigenvalue weighted by Crippen LogP contribution is -2.12. The minimum absolute atomic E-state index is 0.172. The third-order valence-electron chi connectivity index (χ3n) is 2.61. The molecule has 0 aliphatic rings. The summed E-state index contributed by atoms with van der Waals surface area (Å²) >= 11 is 0. The minimum atomic E-state index is -0.172. The molecule has 2 N–H and O–H groups in total. The van der Waals surface area contributed by atoms with Crippen molar-refractivity contribution in [2.75, 3.05) is 5.43 Å². The van der Waals surface area contributed by atoms with Gasteiger partial charge in [-0.3, -0.25) is 9.78 Å². The van der Waals surface area contributed by atoms with E-state index in [-0.39, 0.29) is 5.56 Å². The summed E-state index contributed by atoms with van der Waals surface area (Å²) < 4.78 is 0. The maximum Gasteiger partial charge on any atom is 0.255 e. The van der Waals surface area contributed by atoms with E-state index in [2.05, 4.69) is 20.5 Å². The summed E-state index contributed by atoms with van der Waals surface area (Å²) in [6.07, 6.45) is 5.19. The van der Waals surface area contributed by atoms with E-state index in [9.17, 15) is 4.79 Å². The molecule has 1 heterocycles. The summed E-state index contributed by atoms with van der Waals surface area (Å²) in [5.41, 5.74) is 5.18. The Hall–Kier alpha value is -2.69. The van der Waals surface area contributed by atoms with Crippen molar-refractivity contribution in [3.63, 3.8) is 0 Å². The molecule has 5 nitrogen and oxygen atoms in total. The molecule has 0 spiro atoms. The molecular formula is C15H16N4O. The van der Waals surface area contributed by atoms with Crippen molar-refractivity contribution in [3.05, 3.63) is 63.6 Å². The Kier molecular flexibility index (Phi) is 4.44. The Balaban J connectivity index is 2.01. The van der Waals surface area contributed by atoms with Gasteiger partial charge < -0.3 is 0 Å². The topological polar surface area (TPSA) is 70.1 Å². The van der Waals surface area contributed by atoms with Crippen LogP contribution in [-0.2, 0) is 0 Å². The first kappa shape index (κ1) is 13.7. The van der Waals surface area contributed by atoms with Crippen LogP contribution < -0.4 is 11.0 Å². The molecule has 0 bridgehead atoms. The third-order valence-corrected chi connectivity index (χ3v) is 2.61. The van der Waals surface area contributed by atoms with Gasteiger partial charge in [-0.25, -0.2) is 10.4 Å². The summed E-state index contributed by atoms with van der Waals surface area (Å²) in [6.45, 7) is 3.65. The van der Waals surface area contributed by atoms with Gasteiger partial charge in [0.25, 0.3) is 5.56 Å². The maximum absolute atomic E-state index is 11.4. The molecule has 0 saturated carbocycles. The quantitative estimate of drug-likeness (QED) is 0.661. The zero-order valence-corrected chi connectivity index (χ0v) is 11.4. The van der Waals surface area contributed by atoms with Crippen molar-refractivity contribution in [2.24, 2.45) is 5.10 Å². The fourth-order valence-corrected chi connectivity index (χ4v) is 1.56. The first-order valence-corrected chi connectivity index (χ1v) is 6.23. The lowest BCUT2D eigenvalue weighted by Gasteiger charge is -1.99. The van der Waals surface area contributed by atoms with Crippen LogP contribution in [0, 0.1) is 6.92 Å². The Morgan fingerprint density at radius 3 is 2.80 bits per heavy atom. The van der Waals surface area contributed by atoms with Crippen molar-refractivity contribution in [1.82, 2.24) is 9.97 Å². The number of benzene rings is 1. The zero-order chi connectivity index (χ0) is 14.4. The molecule has 20 heavy (non-hydrogen) atoms. The minimum Gasteiger partial charge on any atom is -0.291 e. The molecule has 0 unspecified atom stereocenters. The van der Waals surface area contributed by atoms with Gasteiger partial charge in [0.2, 0.25) is 5.95 Å². The average Bonchev–Trinajstić information content (AvgIpc) is 2.44. The van der Waals surface area contributed by atoms with E-state index in [0.29, 0.717) is 11.5 Å². The number of nitrogens with one attached hydrogen (secondary N) is 2. The largest absolute Gasteiger partial charge is 0.291 e. The maximum atomic E-state index is 11.4. The highest BCUT2D eigenvalue weighted by Gasteiger charge is 1.95. The van der Waals surface area contributed by atoms with E-state index >= 15 is 0 Å². The zero-order valence-electron chi connectivity index (χ0n) is 11.4. The molecule has 0 aliphatic carbocycles. The Labute approximate surface area is 117 Å². The van der Waals surface area contributed by atoms with Gasteiger partial charge in [0.15, 0.2) is 0 Å². The first-order valence-electron chi connectivity index (χ1n) is 6.23. The molecule has 0 aliphatic heterocycles. The predicted octanol–water partition coefficient (Wildman–Crippen LogP) is 2.58. The molecule has 0 amide bonds. The number of hydrogen-bond acceptors (Lipinski definition) is 4. The number of aromatic nitrogens is 2. The van der Waals surface area contributed by atoms with E-state index in [4.69, 9.17) is 0 Å². The van der Waals surface area contributed by atoms with Crippen LogP contribution in [0.2, 0.25) is 0 Å². The molecule has 0 fully saturated rings. The van der Waals surface area contributed by atoms with Gasteiger partial charge in [-0.1, -0.05) is 36.4 Å². The van der Waals surface area contributed by atoms with E-state index in [1.165, 1.54) is 6.20 Å². The average molecular weight is 268 g/mol. The van der Waals surface area contributed by atoms with Gasteiger partial charge in [-0.2, -0.15) is 5.10 Å². The van der Waals surface area contributed by atoms with Crippen molar-refractivity contribution in [1.29, 1.82) is 0 Å². The molecule has 2 aromatic rings. The second-order valence-corrected chi connectivity index (χ2v) is 4.41. The second-order valence-electron chi connectivity index (χ2n) is 4.41. The predicted molar refractivity (Wildman–Crippen MR) is 81.8 cm³/mol. The van der Waals surface area contributed by atoms with Crippen molar-refractivity contribution in [2.45, 2.75) is 13.8 Å². The van der Waals surface area contributed by atoms with Crippen molar-refractivity contribution >= 4 is 18.2 Å². The number of rotatable bonds is 4. The molecule has 102 valence electrons. The molecule has 5 heteroatoms. The lowest BCUT2D eigenvalue weighted by molar-refractivity contribution is 1.05. The molecule has 0 saturated heterocycles. The van der Waals surface area contributed by atoms with Crippen LogP contribution in [0.4, 0.5) is 5.95 Å². The Bertz CT molecular complexity index is 687. The van der Waals surface area contributed by atoms with Crippen LogP contribution in [0.3, 0.4) is 0 Å². The van der Waals surface area contributed by atoms with Crippen LogP contribution in [0.25, 0.3) is 6.08 Å². The van der Waals surface area contributed by atoms with E-state index in [1.807, 2.05) is 43.3 Å². The first-order chi connectivity index (χ1) is 9.65. The highest BCUT2D eigenvalue weighted by molar-refractivity contribution is 5.85. The smallest absolute Gasteiger partial charge is 0.255 e. The second kappa shape index (κ2) is 6.47. The van der Waals surface area contributed by atoms with Gasteiger partial charge in [-0.05, 0) is 25.0 Å². The van der Waals surface area contributed by atoms with Crippen molar-refractivity contribution < 1.29 is 0 Å². The fourth-order valence-electron chi connectivity index (χ4n) is 1.56. The number of aromatic amines is 1. The van der Waals surface area contributed by atoms with Crippen LogP contribution in [0.1, 0.15) is 18.1 Å². The summed E-state index contributed by atoms with van der Waals surface area (Å²) in [5.74, 6) is 0.323. The number of nitrogens with zero attached hydrogens (tertiary/aromatic N) is 2. The van der Waals surface area contributed by atoms with Gasteiger partial charge in [0.1, 0.15) is 0 Å². The SMILES string of the molecule is CC(/C=N\Nc1ncc(C)c(=O)[nH]1)=C\c1ccccc1. The van der Waals surface area contributed by atoms with E-state index in [0.717, 1.165) is 11.1 Å². The third kappa shape index (κ3) is 3.91. The summed E-state index contributed by atoms with van der Waals surface area (Å²) in [5, 5.41) is 4.03. The molecule has 2 rings (SSSR count). The van der Waals surface area contributed by atoms with Crippen LogP contribution in [0.15, 0.2) is 52.0 Å². The fraction of sp³-hybridized carbons (Fsp3) is 0.133. The highest BCUT2D eigenvalue weighted by atomic mass is 16.1. The normalized spacial score (nSPS) is 11.8. The van der Waals surface area contributed by atoms with Gasteiger partial charge in [0.05, 0.1) is 6.21 Å². The van der Waals surface area contributed by atoms with Crippen LogP contribution in [0.5, 0.6) is 0 Å². The van der Waals surface area contributed by atoms with E-state index in [1.54, 1.807) is 13.1 Å². The number of anilines is 1. The van der Waals surface area contributed by atoms with Crippen LogP contribution >= 0.6 is 0 Å².